The molecule has 0 heterocycles. The molecule has 0 radical (unpaired) electrons. The van der Waals surface area contributed by atoms with Gasteiger partial charge in [0.25, 0.3) is 0 Å². The van der Waals surface area contributed by atoms with Crippen molar-refractivity contribution in [2.75, 3.05) is 11.9 Å². The predicted molar refractivity (Wildman–Crippen MR) is 96.6 cm³/mol. The van der Waals surface area contributed by atoms with Crippen molar-refractivity contribution in [1.29, 1.82) is 0 Å². The molecule has 0 bridgehead atoms. The summed E-state index contributed by atoms with van der Waals surface area (Å²) in [7, 11) is 0. The van der Waals surface area contributed by atoms with Crippen molar-refractivity contribution >= 4 is 15.9 Å². The van der Waals surface area contributed by atoms with Gasteiger partial charge in [-0.1, -0.05) is 76.5 Å². The Hall–Kier alpha value is -0.500. The van der Waals surface area contributed by atoms with Crippen LogP contribution in [0.4, 0.5) is 0 Å². The molecular weight excluding hydrogens is 324 g/mol. The van der Waals surface area contributed by atoms with E-state index in [0.29, 0.717) is 5.41 Å². The average Bonchev–Trinajstić information content (AvgIpc) is 2.34. The number of rotatable bonds is 6. The minimum absolute atomic E-state index is 0.157. The third-order valence-corrected chi connectivity index (χ3v) is 5.12. The summed E-state index contributed by atoms with van der Waals surface area (Å²) < 4.78 is 5.90. The van der Waals surface area contributed by atoms with Gasteiger partial charge < -0.3 is 4.74 Å². The second-order valence-electron chi connectivity index (χ2n) is 8.73. The van der Waals surface area contributed by atoms with E-state index in [4.69, 9.17) is 4.74 Å². The highest BCUT2D eigenvalue weighted by atomic mass is 79.9. The van der Waals surface area contributed by atoms with Crippen LogP contribution in [-0.2, 0) is 5.41 Å². The van der Waals surface area contributed by atoms with E-state index in [1.54, 1.807) is 0 Å². The van der Waals surface area contributed by atoms with E-state index in [1.807, 2.05) is 0 Å². The molecule has 0 saturated heterocycles. The molecule has 0 saturated carbocycles. The molecule has 0 aromatic heterocycles. The van der Waals surface area contributed by atoms with Crippen LogP contribution in [-0.4, -0.2) is 11.9 Å². The van der Waals surface area contributed by atoms with Crippen molar-refractivity contribution in [3.8, 4) is 5.75 Å². The lowest BCUT2D eigenvalue weighted by Gasteiger charge is -2.33. The van der Waals surface area contributed by atoms with E-state index in [0.717, 1.165) is 24.1 Å². The quantitative estimate of drug-likeness (QED) is 0.552. The Morgan fingerprint density at radius 2 is 1.43 bits per heavy atom. The van der Waals surface area contributed by atoms with Crippen LogP contribution in [0.15, 0.2) is 24.3 Å². The van der Waals surface area contributed by atoms with Crippen molar-refractivity contribution in [3.05, 3.63) is 29.8 Å². The van der Waals surface area contributed by atoms with Crippen LogP contribution >= 0.6 is 15.9 Å². The molecule has 1 aromatic carbocycles. The number of ether oxygens (including phenoxy) is 1. The average molecular weight is 355 g/mol. The number of hydrogen-bond donors (Lipinski definition) is 0. The first-order chi connectivity index (χ1) is 9.45. The van der Waals surface area contributed by atoms with E-state index in [-0.39, 0.29) is 10.8 Å². The third kappa shape index (κ3) is 6.42. The van der Waals surface area contributed by atoms with E-state index >= 15 is 0 Å². The monoisotopic (exact) mass is 354 g/mol. The van der Waals surface area contributed by atoms with Crippen LogP contribution in [0.1, 0.15) is 60.5 Å². The van der Waals surface area contributed by atoms with Crippen LogP contribution in [0.2, 0.25) is 0 Å². The van der Waals surface area contributed by atoms with Gasteiger partial charge in [-0.2, -0.15) is 0 Å². The van der Waals surface area contributed by atoms with Crippen molar-refractivity contribution in [3.63, 3.8) is 0 Å². The Balaban J connectivity index is 2.74. The van der Waals surface area contributed by atoms with Gasteiger partial charge >= 0.3 is 0 Å². The summed E-state index contributed by atoms with van der Waals surface area (Å²) in [6.45, 7) is 16.7. The maximum absolute atomic E-state index is 5.90. The minimum Gasteiger partial charge on any atom is -0.493 e. The second kappa shape index (κ2) is 6.73. The fourth-order valence-corrected chi connectivity index (χ4v) is 2.91. The van der Waals surface area contributed by atoms with Gasteiger partial charge in [0.2, 0.25) is 0 Å². The van der Waals surface area contributed by atoms with Crippen LogP contribution < -0.4 is 4.74 Å². The smallest absolute Gasteiger partial charge is 0.119 e. The Morgan fingerprint density at radius 1 is 0.905 bits per heavy atom. The lowest BCUT2D eigenvalue weighted by Crippen LogP contribution is -2.25. The number of halogens is 1. The maximum atomic E-state index is 5.90. The molecule has 0 N–H and O–H groups in total. The largest absolute Gasteiger partial charge is 0.493 e. The number of benzene rings is 1. The Labute approximate surface area is 139 Å². The Kier molecular flexibility index (Phi) is 5.94. The fraction of sp³-hybridized carbons (Fsp3) is 0.684. The van der Waals surface area contributed by atoms with Crippen molar-refractivity contribution in [1.82, 2.24) is 0 Å². The molecule has 0 fully saturated rings. The Bertz CT molecular complexity index is 438. The molecule has 1 aromatic rings. The van der Waals surface area contributed by atoms with Crippen molar-refractivity contribution < 1.29 is 4.74 Å². The highest BCUT2D eigenvalue weighted by Gasteiger charge is 2.27. The molecule has 0 aliphatic heterocycles. The van der Waals surface area contributed by atoms with E-state index in [9.17, 15) is 0 Å². The van der Waals surface area contributed by atoms with Gasteiger partial charge in [0.1, 0.15) is 5.75 Å². The molecular formula is C19H31BrO. The topological polar surface area (TPSA) is 9.23 Å². The lowest BCUT2D eigenvalue weighted by molar-refractivity contribution is 0.203. The van der Waals surface area contributed by atoms with Crippen LogP contribution in [0.25, 0.3) is 0 Å². The summed E-state index contributed by atoms with van der Waals surface area (Å²) in [5, 5.41) is 0.941. The summed E-state index contributed by atoms with van der Waals surface area (Å²) in [5.41, 5.74) is 2.05. The lowest BCUT2D eigenvalue weighted by atomic mass is 9.72. The van der Waals surface area contributed by atoms with Gasteiger partial charge in [0.05, 0.1) is 6.61 Å². The zero-order valence-corrected chi connectivity index (χ0v) is 16.3. The van der Waals surface area contributed by atoms with Gasteiger partial charge in [0.15, 0.2) is 0 Å². The summed E-state index contributed by atoms with van der Waals surface area (Å²) in [6, 6.07) is 8.62. The second-order valence-corrected chi connectivity index (χ2v) is 9.29. The molecule has 0 atom stereocenters. The fourth-order valence-electron chi connectivity index (χ4n) is 2.75. The molecule has 21 heavy (non-hydrogen) atoms. The molecule has 0 unspecified atom stereocenters. The minimum atomic E-state index is 0.157. The highest BCUT2D eigenvalue weighted by molar-refractivity contribution is 9.09. The van der Waals surface area contributed by atoms with Crippen LogP contribution in [0, 0.1) is 10.8 Å². The van der Waals surface area contributed by atoms with E-state index < -0.39 is 0 Å². The molecule has 120 valence electrons. The highest BCUT2D eigenvalue weighted by Crippen LogP contribution is 2.36. The molecule has 2 heteroatoms. The molecule has 0 spiro atoms. The van der Waals surface area contributed by atoms with Crippen molar-refractivity contribution in [2.24, 2.45) is 10.8 Å². The normalized spacial score (nSPS) is 13.3. The number of alkyl halides is 1. The van der Waals surface area contributed by atoms with Crippen LogP contribution in [0.5, 0.6) is 5.75 Å². The molecule has 0 aliphatic rings. The zero-order valence-electron chi connectivity index (χ0n) is 14.7. The Morgan fingerprint density at radius 3 is 1.86 bits per heavy atom. The van der Waals surface area contributed by atoms with Gasteiger partial charge in [-0.15, -0.1) is 0 Å². The summed E-state index contributed by atoms with van der Waals surface area (Å²) in [4.78, 5) is 0. The summed E-state index contributed by atoms with van der Waals surface area (Å²) in [5.74, 6) is 0.958. The molecule has 1 rings (SSSR count). The van der Waals surface area contributed by atoms with Gasteiger partial charge in [-0.3, -0.25) is 0 Å². The maximum Gasteiger partial charge on any atom is 0.119 e. The van der Waals surface area contributed by atoms with Gasteiger partial charge in [-0.05, 0) is 34.9 Å². The first-order valence-electron chi connectivity index (χ1n) is 7.75. The third-order valence-electron chi connectivity index (χ3n) is 3.60. The van der Waals surface area contributed by atoms with Crippen molar-refractivity contribution in [2.45, 2.75) is 60.3 Å². The summed E-state index contributed by atoms with van der Waals surface area (Å²) in [6.07, 6.45) is 1.16. The standard InChI is InChI=1S/C19H31BrO/c1-17(2,3)12-19(6,7)15-8-10-16(11-9-15)21-14-18(4,5)13-20/h8-11H,12-14H2,1-7H3. The number of hydrogen-bond acceptors (Lipinski definition) is 1. The van der Waals surface area contributed by atoms with Gasteiger partial charge in [-0.25, -0.2) is 0 Å². The van der Waals surface area contributed by atoms with Gasteiger partial charge in [0, 0.05) is 10.7 Å². The zero-order chi connectivity index (χ0) is 16.3. The SMILES string of the molecule is CC(C)(C)CC(C)(C)c1ccc(OCC(C)(C)CBr)cc1. The molecule has 0 aliphatic carbocycles. The molecule has 1 nitrogen and oxygen atoms in total. The first kappa shape index (κ1) is 18.5. The first-order valence-corrected chi connectivity index (χ1v) is 8.87. The van der Waals surface area contributed by atoms with E-state index in [1.165, 1.54) is 5.56 Å². The van der Waals surface area contributed by atoms with Crippen LogP contribution in [0.3, 0.4) is 0 Å². The predicted octanol–water partition coefficient (Wildman–Crippen LogP) is 6.20. The molecule has 0 amide bonds. The summed E-state index contributed by atoms with van der Waals surface area (Å²) >= 11 is 3.53. The van der Waals surface area contributed by atoms with E-state index in [2.05, 4.69) is 88.7 Å².